The molecule has 1 atom stereocenters. The van der Waals surface area contributed by atoms with Gasteiger partial charge in [0, 0.05) is 23.7 Å². The van der Waals surface area contributed by atoms with Crippen LogP contribution in [0.5, 0.6) is 0 Å². The summed E-state index contributed by atoms with van der Waals surface area (Å²) in [5.41, 5.74) is 0.872. The number of nitrogens with one attached hydrogen (secondary N) is 2. The third-order valence-electron chi connectivity index (χ3n) is 4.22. The molecule has 7 heteroatoms. The van der Waals surface area contributed by atoms with Crippen LogP contribution in [0.3, 0.4) is 0 Å². The number of aromatic nitrogens is 3. The molecule has 0 spiro atoms. The van der Waals surface area contributed by atoms with Crippen LogP contribution in [0.2, 0.25) is 0 Å². The van der Waals surface area contributed by atoms with Crippen molar-refractivity contribution in [3.05, 3.63) is 17.9 Å². The predicted molar refractivity (Wildman–Crippen MR) is 85.9 cm³/mol. The average Bonchev–Trinajstić information content (AvgIpc) is 3.41. The van der Waals surface area contributed by atoms with E-state index in [2.05, 4.69) is 25.2 Å². The number of hydrogen-bond donors (Lipinski definition) is 2. The second-order valence-electron chi connectivity index (χ2n) is 6.20. The Morgan fingerprint density at radius 2 is 2.23 bits per heavy atom. The Bertz CT molecular complexity index is 686. The highest BCUT2D eigenvalue weighted by molar-refractivity contribution is 7.13. The molecule has 0 bridgehead atoms. The lowest BCUT2D eigenvalue weighted by molar-refractivity contribution is 0.248. The van der Waals surface area contributed by atoms with E-state index in [-0.39, 0.29) is 12.1 Å². The maximum absolute atomic E-state index is 11.9. The average molecular weight is 317 g/mol. The maximum Gasteiger partial charge on any atom is 0.320 e. The summed E-state index contributed by atoms with van der Waals surface area (Å²) in [7, 11) is 0. The van der Waals surface area contributed by atoms with Crippen molar-refractivity contribution >= 4 is 23.2 Å². The monoisotopic (exact) mass is 317 g/mol. The second kappa shape index (κ2) is 5.39. The predicted octanol–water partition coefficient (Wildman–Crippen LogP) is 3.26. The summed E-state index contributed by atoms with van der Waals surface area (Å²) in [4.78, 5) is 20.8. The van der Waals surface area contributed by atoms with Gasteiger partial charge in [-0.2, -0.15) is 0 Å². The Morgan fingerprint density at radius 1 is 1.41 bits per heavy atom. The van der Waals surface area contributed by atoms with Crippen molar-refractivity contribution in [2.45, 2.75) is 44.7 Å². The van der Waals surface area contributed by atoms with Gasteiger partial charge in [-0.05, 0) is 38.5 Å². The van der Waals surface area contributed by atoms with Crippen LogP contribution in [-0.4, -0.2) is 26.6 Å². The second-order valence-corrected chi connectivity index (χ2v) is 7.06. The molecule has 4 rings (SSSR count). The molecule has 2 aliphatic carbocycles. The summed E-state index contributed by atoms with van der Waals surface area (Å²) in [5.74, 6) is 1.23. The van der Waals surface area contributed by atoms with E-state index >= 15 is 0 Å². The molecule has 0 saturated heterocycles. The van der Waals surface area contributed by atoms with Crippen molar-refractivity contribution in [2.75, 3.05) is 5.32 Å². The van der Waals surface area contributed by atoms with Crippen molar-refractivity contribution in [3.63, 3.8) is 0 Å². The number of carbonyl (C=O) groups is 1. The minimum atomic E-state index is -0.181. The summed E-state index contributed by atoms with van der Waals surface area (Å²) >= 11 is 1.50. The first-order valence-electron chi connectivity index (χ1n) is 7.76. The molecule has 2 heterocycles. The normalized spacial score (nSPS) is 19.0. The lowest BCUT2D eigenvalue weighted by Gasteiger charge is -2.12. The fourth-order valence-electron chi connectivity index (χ4n) is 2.54. The molecular formula is C15H19N5OS. The van der Waals surface area contributed by atoms with Gasteiger partial charge in [-0.3, -0.25) is 5.32 Å². The van der Waals surface area contributed by atoms with Crippen LogP contribution < -0.4 is 10.6 Å². The molecule has 2 aliphatic rings. The van der Waals surface area contributed by atoms with Crippen LogP contribution in [0.25, 0.3) is 10.7 Å². The Morgan fingerprint density at radius 3 is 2.95 bits per heavy atom. The van der Waals surface area contributed by atoms with Gasteiger partial charge in [-0.25, -0.2) is 14.8 Å². The zero-order valence-corrected chi connectivity index (χ0v) is 13.3. The molecule has 0 radical (unpaired) electrons. The van der Waals surface area contributed by atoms with Crippen molar-refractivity contribution < 1.29 is 4.79 Å². The molecule has 2 N–H and O–H groups in total. The van der Waals surface area contributed by atoms with E-state index in [1.807, 2.05) is 24.8 Å². The van der Waals surface area contributed by atoms with E-state index < -0.39 is 0 Å². The summed E-state index contributed by atoms with van der Waals surface area (Å²) in [6, 6.07) is 0.667. The molecule has 22 heavy (non-hydrogen) atoms. The zero-order chi connectivity index (χ0) is 15.1. The molecule has 116 valence electrons. The van der Waals surface area contributed by atoms with E-state index in [0.29, 0.717) is 17.8 Å². The molecular weight excluding hydrogens is 298 g/mol. The number of rotatable bonds is 5. The lowest BCUT2D eigenvalue weighted by Crippen LogP contribution is -2.37. The van der Waals surface area contributed by atoms with Crippen LogP contribution >= 0.6 is 11.3 Å². The minimum Gasteiger partial charge on any atom is -0.335 e. The summed E-state index contributed by atoms with van der Waals surface area (Å²) < 4.78 is 2.15. The van der Waals surface area contributed by atoms with Gasteiger partial charge in [0.15, 0.2) is 0 Å². The van der Waals surface area contributed by atoms with Gasteiger partial charge < -0.3 is 9.88 Å². The van der Waals surface area contributed by atoms with Crippen LogP contribution in [0, 0.1) is 5.92 Å². The molecule has 2 fully saturated rings. The van der Waals surface area contributed by atoms with Crippen molar-refractivity contribution in [1.29, 1.82) is 0 Å². The number of urea groups is 1. The zero-order valence-electron chi connectivity index (χ0n) is 12.5. The van der Waals surface area contributed by atoms with E-state index in [0.717, 1.165) is 10.7 Å². The Labute approximate surface area is 133 Å². The fourth-order valence-corrected chi connectivity index (χ4v) is 3.25. The molecule has 0 unspecified atom stereocenters. The molecule has 2 aromatic heterocycles. The first kappa shape index (κ1) is 13.8. The van der Waals surface area contributed by atoms with Gasteiger partial charge in [-0.15, -0.1) is 11.3 Å². The van der Waals surface area contributed by atoms with E-state index in [9.17, 15) is 4.79 Å². The van der Waals surface area contributed by atoms with Gasteiger partial charge in [0.2, 0.25) is 0 Å². The first-order valence-corrected chi connectivity index (χ1v) is 8.64. The third kappa shape index (κ3) is 2.99. The number of thiazole rings is 1. The number of carbonyl (C=O) groups excluding carboxylic acids is 1. The highest BCUT2D eigenvalue weighted by Gasteiger charge is 2.29. The third-order valence-corrected chi connectivity index (χ3v) is 5.09. The minimum absolute atomic E-state index is 0.181. The largest absolute Gasteiger partial charge is 0.335 e. The highest BCUT2D eigenvalue weighted by Crippen LogP contribution is 2.36. The van der Waals surface area contributed by atoms with Crippen LogP contribution in [0.1, 0.15) is 38.6 Å². The highest BCUT2D eigenvalue weighted by atomic mass is 32.1. The van der Waals surface area contributed by atoms with E-state index in [1.165, 1.54) is 37.0 Å². The number of hydrogen-bond acceptors (Lipinski definition) is 4. The molecule has 6 nitrogen and oxygen atoms in total. The lowest BCUT2D eigenvalue weighted by atomic mass is 10.2. The topological polar surface area (TPSA) is 71.8 Å². The van der Waals surface area contributed by atoms with Gasteiger partial charge in [-0.1, -0.05) is 0 Å². The van der Waals surface area contributed by atoms with Gasteiger partial charge in [0.25, 0.3) is 0 Å². The van der Waals surface area contributed by atoms with Crippen molar-refractivity contribution in [3.8, 4) is 10.7 Å². The number of amides is 2. The molecule has 0 aromatic carbocycles. The van der Waals surface area contributed by atoms with E-state index in [4.69, 9.17) is 0 Å². The van der Waals surface area contributed by atoms with Crippen LogP contribution in [0.4, 0.5) is 10.6 Å². The number of anilines is 1. The van der Waals surface area contributed by atoms with Gasteiger partial charge in [0.05, 0.1) is 6.33 Å². The first-order chi connectivity index (χ1) is 10.7. The maximum atomic E-state index is 11.9. The summed E-state index contributed by atoms with van der Waals surface area (Å²) in [5, 5.41) is 8.46. The fraction of sp³-hybridized carbons (Fsp3) is 0.533. The Balaban J connectivity index is 1.38. The quantitative estimate of drug-likeness (QED) is 0.889. The summed E-state index contributed by atoms with van der Waals surface area (Å²) in [6.07, 6.45) is 8.80. The summed E-state index contributed by atoms with van der Waals surface area (Å²) in [6.45, 7) is 2.05. The molecule has 0 aliphatic heterocycles. The van der Waals surface area contributed by atoms with Crippen molar-refractivity contribution in [2.24, 2.45) is 5.92 Å². The molecule has 2 aromatic rings. The van der Waals surface area contributed by atoms with Gasteiger partial charge in [0.1, 0.15) is 16.5 Å². The van der Waals surface area contributed by atoms with Gasteiger partial charge >= 0.3 is 6.03 Å². The number of nitrogens with zero attached hydrogens (tertiary/aromatic N) is 3. The van der Waals surface area contributed by atoms with Crippen molar-refractivity contribution in [1.82, 2.24) is 19.9 Å². The Kier molecular flexibility index (Phi) is 3.37. The molecule has 2 saturated carbocycles. The molecule has 2 amide bonds. The van der Waals surface area contributed by atoms with Crippen LogP contribution in [0.15, 0.2) is 17.9 Å². The SMILES string of the molecule is C[C@H](NC(=O)Nc1csc(-c2cn(C3CC3)cn2)n1)C1CC1. The Hall–Kier alpha value is -1.89. The smallest absolute Gasteiger partial charge is 0.320 e. The van der Waals surface area contributed by atoms with E-state index in [1.54, 1.807) is 0 Å². The number of imidazole rings is 1. The standard InChI is InChI=1S/C15H19N5OS/c1-9(10-2-3-10)17-15(21)19-13-7-22-14(18-13)12-6-20(8-16-12)11-4-5-11/h6-11H,2-5H2,1H3,(H2,17,19,21)/t9-/m0/s1. The van der Waals surface area contributed by atoms with Crippen LogP contribution in [-0.2, 0) is 0 Å².